The van der Waals surface area contributed by atoms with Crippen molar-refractivity contribution >= 4 is 71.9 Å². The third-order valence-electron chi connectivity index (χ3n) is 5.44. The Kier molecular flexibility index (Phi) is 23.6. The van der Waals surface area contributed by atoms with Crippen molar-refractivity contribution in [1.82, 2.24) is 0 Å². The van der Waals surface area contributed by atoms with Gasteiger partial charge in [0.05, 0.1) is 6.61 Å². The molecule has 0 rings (SSSR count). The van der Waals surface area contributed by atoms with E-state index in [1.165, 1.54) is 115 Å². The van der Waals surface area contributed by atoms with E-state index in [0.29, 0.717) is 12.2 Å². The van der Waals surface area contributed by atoms with E-state index < -0.39 is 0.564 Å². The lowest BCUT2D eigenvalue weighted by Crippen LogP contribution is -2.05. The van der Waals surface area contributed by atoms with Gasteiger partial charge >= 0.3 is 5.97 Å². The summed E-state index contributed by atoms with van der Waals surface area (Å²) in [5, 5.41) is 0. The number of esters is 1. The maximum absolute atomic E-state index is 11.2. The number of carbonyl (C=O) groups is 1. The Morgan fingerprint density at radius 2 is 0.933 bits per heavy atom. The SMILES string of the molecule is C=C(C)C(=O)OCCCCCCCCCCCCCCCCCCCC[Si](I)(I)I. The molecule has 0 aromatic carbocycles. The predicted octanol–water partition coefficient (Wildman–Crippen LogP) is 10.4. The molecule has 0 saturated heterocycles. The van der Waals surface area contributed by atoms with Crippen molar-refractivity contribution in [1.29, 1.82) is 0 Å². The van der Waals surface area contributed by atoms with Crippen LogP contribution in [0.2, 0.25) is 6.04 Å². The second-order valence-corrected chi connectivity index (χ2v) is 45.5. The molecule has 0 aliphatic rings. The van der Waals surface area contributed by atoms with Gasteiger partial charge < -0.3 is 4.74 Å². The smallest absolute Gasteiger partial charge is 0.333 e. The average molecular weight is 774 g/mol. The highest BCUT2D eigenvalue weighted by molar-refractivity contribution is 14.4. The van der Waals surface area contributed by atoms with Crippen LogP contribution in [-0.2, 0) is 9.53 Å². The van der Waals surface area contributed by atoms with Crippen molar-refractivity contribution in [3.8, 4) is 0 Å². The first-order valence-electron chi connectivity index (χ1n) is 12.2. The molecule has 2 nitrogen and oxygen atoms in total. The van der Waals surface area contributed by atoms with Crippen molar-refractivity contribution in [2.24, 2.45) is 0 Å². The Hall–Kier alpha value is 1.62. The molecule has 0 aromatic rings. The molecule has 0 heterocycles. The van der Waals surface area contributed by atoms with Crippen LogP contribution in [0, 0.1) is 0 Å². The molecule has 0 aliphatic heterocycles. The van der Waals surface area contributed by atoms with Gasteiger partial charge in [0.1, 0.15) is 0 Å². The first-order chi connectivity index (χ1) is 14.3. The summed E-state index contributed by atoms with van der Waals surface area (Å²) in [7, 11) is 0. The van der Waals surface area contributed by atoms with E-state index in [2.05, 4.69) is 72.0 Å². The van der Waals surface area contributed by atoms with Gasteiger partial charge in [0.25, 0.3) is 0.564 Å². The molecule has 0 N–H and O–H groups in total. The standard InChI is InChI=1S/C24H45I3O2Si/c1-23(2)24(28)29-21-19-17-15-13-11-9-7-5-3-4-6-8-10-12-14-16-18-20-22-30(25,26)27/h1,3-22H2,2H3. The topological polar surface area (TPSA) is 26.3 Å². The summed E-state index contributed by atoms with van der Waals surface area (Å²) >= 11 is 8.05. The Labute approximate surface area is 226 Å². The highest BCUT2D eigenvalue weighted by Gasteiger charge is 2.19. The summed E-state index contributed by atoms with van der Waals surface area (Å²) in [5.41, 5.74) is 0.493. The molecule has 178 valence electrons. The summed E-state index contributed by atoms with van der Waals surface area (Å²) in [6.45, 7) is 5.83. The molecule has 0 amide bonds. The Morgan fingerprint density at radius 3 is 1.23 bits per heavy atom. The van der Waals surface area contributed by atoms with E-state index in [1.807, 2.05) is 0 Å². The molecule has 0 aromatic heterocycles. The first kappa shape index (κ1) is 31.6. The van der Waals surface area contributed by atoms with Gasteiger partial charge in [-0.3, -0.25) is 0 Å². The third kappa shape index (κ3) is 25.9. The zero-order valence-corrected chi connectivity index (χ0v) is 26.8. The van der Waals surface area contributed by atoms with Gasteiger partial charge in [-0.2, -0.15) is 0 Å². The lowest BCUT2D eigenvalue weighted by atomic mass is 10.0. The number of ether oxygens (including phenoxy) is 1. The van der Waals surface area contributed by atoms with E-state index >= 15 is 0 Å². The van der Waals surface area contributed by atoms with Crippen LogP contribution in [0.25, 0.3) is 0 Å². The molecule has 0 aliphatic carbocycles. The minimum absolute atomic E-state index is 0.252. The van der Waals surface area contributed by atoms with E-state index in [-0.39, 0.29) is 5.97 Å². The molecular formula is C24H45I3O2Si. The second kappa shape index (κ2) is 22.4. The molecule has 6 heteroatoms. The van der Waals surface area contributed by atoms with Crippen molar-refractivity contribution in [3.05, 3.63) is 12.2 Å². The fourth-order valence-corrected chi connectivity index (χ4v) is 7.63. The number of unbranched alkanes of at least 4 members (excludes halogenated alkanes) is 17. The van der Waals surface area contributed by atoms with Crippen LogP contribution in [-0.4, -0.2) is 13.1 Å². The highest BCUT2D eigenvalue weighted by atomic mass is 127. The summed E-state index contributed by atoms with van der Waals surface area (Å²) in [4.78, 5) is 11.2. The van der Waals surface area contributed by atoms with E-state index in [1.54, 1.807) is 6.92 Å². The van der Waals surface area contributed by atoms with Gasteiger partial charge in [0.2, 0.25) is 0 Å². The zero-order chi connectivity index (χ0) is 22.5. The summed E-state index contributed by atoms with van der Waals surface area (Å²) in [6.07, 6.45) is 24.8. The number of hydrogen-bond donors (Lipinski definition) is 0. The fourth-order valence-electron chi connectivity index (χ4n) is 3.54. The summed E-state index contributed by atoms with van der Waals surface area (Å²) in [6, 6.07) is 1.48. The maximum Gasteiger partial charge on any atom is 0.333 e. The van der Waals surface area contributed by atoms with Crippen LogP contribution in [0.15, 0.2) is 12.2 Å². The quantitative estimate of drug-likeness (QED) is 0.0274. The third-order valence-corrected chi connectivity index (χ3v) is 11.2. The van der Waals surface area contributed by atoms with Gasteiger partial charge in [-0.1, -0.05) is 181 Å². The van der Waals surface area contributed by atoms with Crippen molar-refractivity contribution in [2.75, 3.05) is 6.61 Å². The van der Waals surface area contributed by atoms with Gasteiger partial charge in [0, 0.05) is 5.57 Å². The molecular weight excluding hydrogens is 729 g/mol. The molecule has 0 unspecified atom stereocenters. The molecule has 30 heavy (non-hydrogen) atoms. The van der Waals surface area contributed by atoms with E-state index in [9.17, 15) is 4.79 Å². The van der Waals surface area contributed by atoms with Gasteiger partial charge in [-0.25, -0.2) is 4.79 Å². The van der Waals surface area contributed by atoms with Crippen LogP contribution < -0.4 is 0 Å². The van der Waals surface area contributed by atoms with Crippen LogP contribution in [0.5, 0.6) is 0 Å². The maximum atomic E-state index is 11.2. The van der Waals surface area contributed by atoms with Gasteiger partial charge in [-0.05, 0) is 19.4 Å². The monoisotopic (exact) mass is 774 g/mol. The molecule has 0 saturated carbocycles. The minimum atomic E-state index is -0.883. The molecule has 0 atom stereocenters. The van der Waals surface area contributed by atoms with Crippen molar-refractivity contribution in [3.63, 3.8) is 0 Å². The van der Waals surface area contributed by atoms with Crippen LogP contribution >= 0.6 is 65.4 Å². The van der Waals surface area contributed by atoms with Gasteiger partial charge in [-0.15, -0.1) is 0 Å². The summed E-state index contributed by atoms with van der Waals surface area (Å²) < 4.78 is 4.23. The number of halogens is 3. The molecule has 0 radical (unpaired) electrons. The number of rotatable bonds is 22. The van der Waals surface area contributed by atoms with Crippen molar-refractivity contribution < 1.29 is 9.53 Å². The number of carbonyl (C=O) groups excluding carboxylic acids is 1. The highest BCUT2D eigenvalue weighted by Crippen LogP contribution is 2.35. The summed E-state index contributed by atoms with van der Waals surface area (Å²) in [5.74, 6) is -0.252. The van der Waals surface area contributed by atoms with Crippen molar-refractivity contribution in [2.45, 2.75) is 129 Å². The Balaban J connectivity index is 3.10. The Morgan fingerprint density at radius 1 is 0.633 bits per heavy atom. The lowest BCUT2D eigenvalue weighted by Gasteiger charge is -2.08. The molecule has 0 fully saturated rings. The van der Waals surface area contributed by atoms with Crippen LogP contribution in [0.3, 0.4) is 0 Å². The van der Waals surface area contributed by atoms with Crippen LogP contribution in [0.4, 0.5) is 0 Å². The van der Waals surface area contributed by atoms with E-state index in [0.717, 1.165) is 6.42 Å². The zero-order valence-electron chi connectivity index (χ0n) is 19.3. The van der Waals surface area contributed by atoms with Gasteiger partial charge in [0.15, 0.2) is 0 Å². The first-order valence-corrected chi connectivity index (χ1v) is 23.8. The van der Waals surface area contributed by atoms with E-state index in [4.69, 9.17) is 4.74 Å². The van der Waals surface area contributed by atoms with Crippen LogP contribution in [0.1, 0.15) is 122 Å². The largest absolute Gasteiger partial charge is 0.462 e. The Bertz CT molecular complexity index is 425. The fraction of sp³-hybridized carbons (Fsp3) is 0.875. The second-order valence-electron chi connectivity index (χ2n) is 8.65. The molecule has 0 bridgehead atoms. The average Bonchev–Trinajstić information content (AvgIpc) is 2.68. The normalized spacial score (nSPS) is 11.6. The predicted molar refractivity (Wildman–Crippen MR) is 161 cm³/mol. The molecule has 0 spiro atoms. The lowest BCUT2D eigenvalue weighted by molar-refractivity contribution is -0.139. The number of hydrogen-bond acceptors (Lipinski definition) is 2. The minimum Gasteiger partial charge on any atom is -0.462 e.